The van der Waals surface area contributed by atoms with Crippen LogP contribution in [-0.4, -0.2) is 40.6 Å². The summed E-state index contributed by atoms with van der Waals surface area (Å²) < 4.78 is 0. The first kappa shape index (κ1) is 13.2. The molecular weight excluding hydrogens is 232 g/mol. The molecular formula is C13H22N2O3. The third-order valence-electron chi connectivity index (χ3n) is 4.21. The summed E-state index contributed by atoms with van der Waals surface area (Å²) in [7, 11) is 0. The van der Waals surface area contributed by atoms with Gasteiger partial charge in [-0.15, -0.1) is 0 Å². The lowest BCUT2D eigenvalue weighted by Crippen LogP contribution is -2.55. The van der Waals surface area contributed by atoms with Crippen molar-refractivity contribution >= 4 is 12.0 Å². The van der Waals surface area contributed by atoms with Gasteiger partial charge >= 0.3 is 12.0 Å². The summed E-state index contributed by atoms with van der Waals surface area (Å²) in [5.41, 5.74) is 0. The van der Waals surface area contributed by atoms with Crippen LogP contribution < -0.4 is 5.32 Å². The van der Waals surface area contributed by atoms with E-state index < -0.39 is 12.0 Å². The van der Waals surface area contributed by atoms with Gasteiger partial charge in [-0.25, -0.2) is 4.79 Å². The summed E-state index contributed by atoms with van der Waals surface area (Å²) in [6, 6.07) is -0.698. The Balaban J connectivity index is 1.97. The van der Waals surface area contributed by atoms with Crippen LogP contribution in [0.1, 0.15) is 45.4 Å². The van der Waals surface area contributed by atoms with Crippen molar-refractivity contribution in [3.8, 4) is 0 Å². The zero-order valence-electron chi connectivity index (χ0n) is 10.9. The number of hydrogen-bond donors (Lipinski definition) is 2. The largest absolute Gasteiger partial charge is 0.480 e. The second kappa shape index (κ2) is 5.59. The van der Waals surface area contributed by atoms with Crippen LogP contribution in [0.25, 0.3) is 0 Å². The standard InChI is InChI=1S/C13H22N2O3/c1-9(12(16)17)14-13(18)15-8-4-6-10-5-2-3-7-11(10)15/h9-11H,2-8H2,1H3,(H,14,18)(H,16,17)/t9-,10?,11?/m0/s1. The van der Waals surface area contributed by atoms with E-state index in [0.29, 0.717) is 12.0 Å². The lowest BCUT2D eigenvalue weighted by Gasteiger charge is -2.44. The van der Waals surface area contributed by atoms with Gasteiger partial charge in [0, 0.05) is 12.6 Å². The Labute approximate surface area is 108 Å². The number of carbonyl (C=O) groups is 2. The Hall–Kier alpha value is -1.26. The highest BCUT2D eigenvalue weighted by atomic mass is 16.4. The van der Waals surface area contributed by atoms with Crippen LogP contribution in [0.3, 0.4) is 0 Å². The predicted molar refractivity (Wildman–Crippen MR) is 67.3 cm³/mol. The van der Waals surface area contributed by atoms with Gasteiger partial charge in [0.25, 0.3) is 0 Å². The van der Waals surface area contributed by atoms with Crippen molar-refractivity contribution in [3.05, 3.63) is 0 Å². The minimum absolute atomic E-state index is 0.207. The first-order chi connectivity index (χ1) is 8.59. The van der Waals surface area contributed by atoms with Crippen molar-refractivity contribution in [2.75, 3.05) is 6.54 Å². The highest BCUT2D eigenvalue weighted by molar-refractivity contribution is 5.82. The fourth-order valence-electron chi connectivity index (χ4n) is 3.21. The SMILES string of the molecule is C[C@H](NC(=O)N1CCCC2CCCCC21)C(=O)O. The minimum atomic E-state index is -0.986. The zero-order chi connectivity index (χ0) is 13.1. The summed E-state index contributed by atoms with van der Waals surface area (Å²) in [6.07, 6.45) is 6.98. The van der Waals surface area contributed by atoms with Crippen LogP contribution in [0.2, 0.25) is 0 Å². The van der Waals surface area contributed by atoms with Crippen LogP contribution >= 0.6 is 0 Å². The molecule has 0 aromatic carbocycles. The molecule has 1 aliphatic heterocycles. The number of amides is 2. The summed E-state index contributed by atoms with van der Waals surface area (Å²) in [5.74, 6) is -0.362. The average molecular weight is 254 g/mol. The van der Waals surface area contributed by atoms with Gasteiger partial charge in [-0.05, 0) is 38.5 Å². The first-order valence-electron chi connectivity index (χ1n) is 6.89. The molecule has 18 heavy (non-hydrogen) atoms. The molecule has 1 aliphatic carbocycles. The fourth-order valence-corrected chi connectivity index (χ4v) is 3.21. The summed E-state index contributed by atoms with van der Waals surface area (Å²) in [4.78, 5) is 24.8. The highest BCUT2D eigenvalue weighted by Gasteiger charge is 2.36. The zero-order valence-corrected chi connectivity index (χ0v) is 10.9. The molecule has 0 bridgehead atoms. The molecule has 2 rings (SSSR count). The van der Waals surface area contributed by atoms with Gasteiger partial charge in [-0.3, -0.25) is 4.79 Å². The molecule has 2 unspecified atom stereocenters. The molecule has 5 nitrogen and oxygen atoms in total. The number of carboxylic acid groups (broad SMARTS) is 1. The molecule has 102 valence electrons. The molecule has 2 aliphatic rings. The smallest absolute Gasteiger partial charge is 0.325 e. The lowest BCUT2D eigenvalue weighted by atomic mass is 9.78. The Morgan fingerprint density at radius 2 is 1.89 bits per heavy atom. The third kappa shape index (κ3) is 2.76. The number of hydrogen-bond acceptors (Lipinski definition) is 2. The summed E-state index contributed by atoms with van der Waals surface area (Å²) in [5, 5.41) is 11.4. The maximum absolute atomic E-state index is 12.1. The van der Waals surface area contributed by atoms with Crippen molar-refractivity contribution in [2.24, 2.45) is 5.92 Å². The van der Waals surface area contributed by atoms with Crippen LogP contribution in [-0.2, 0) is 4.79 Å². The fraction of sp³-hybridized carbons (Fsp3) is 0.846. The van der Waals surface area contributed by atoms with E-state index in [1.54, 1.807) is 0 Å². The number of aliphatic carboxylic acids is 1. The van der Waals surface area contributed by atoms with Gasteiger partial charge in [0.2, 0.25) is 0 Å². The van der Waals surface area contributed by atoms with E-state index in [-0.39, 0.29) is 6.03 Å². The second-order valence-corrected chi connectivity index (χ2v) is 5.46. The van der Waals surface area contributed by atoms with Crippen LogP contribution in [0.4, 0.5) is 4.79 Å². The minimum Gasteiger partial charge on any atom is -0.480 e. The molecule has 0 radical (unpaired) electrons. The monoisotopic (exact) mass is 254 g/mol. The normalized spacial score (nSPS) is 29.3. The van der Waals surface area contributed by atoms with Gasteiger partial charge in [-0.2, -0.15) is 0 Å². The van der Waals surface area contributed by atoms with Gasteiger partial charge < -0.3 is 15.3 Å². The van der Waals surface area contributed by atoms with Crippen LogP contribution in [0.15, 0.2) is 0 Å². The number of nitrogens with zero attached hydrogens (tertiary/aromatic N) is 1. The van der Waals surface area contributed by atoms with Crippen molar-refractivity contribution in [3.63, 3.8) is 0 Å². The van der Waals surface area contributed by atoms with E-state index in [4.69, 9.17) is 5.11 Å². The first-order valence-corrected chi connectivity index (χ1v) is 6.89. The van der Waals surface area contributed by atoms with Gasteiger partial charge in [0.1, 0.15) is 6.04 Å². The topological polar surface area (TPSA) is 69.6 Å². The molecule has 0 aromatic heterocycles. The highest BCUT2D eigenvalue weighted by Crippen LogP contribution is 2.35. The van der Waals surface area contributed by atoms with Crippen molar-refractivity contribution in [2.45, 2.75) is 57.5 Å². The number of likely N-dealkylation sites (tertiary alicyclic amines) is 1. The summed E-state index contributed by atoms with van der Waals surface area (Å²) >= 11 is 0. The molecule has 1 heterocycles. The van der Waals surface area contributed by atoms with Gasteiger partial charge in [-0.1, -0.05) is 12.8 Å². The Kier molecular flexibility index (Phi) is 4.09. The molecule has 2 fully saturated rings. The second-order valence-electron chi connectivity index (χ2n) is 5.46. The van der Waals surface area contributed by atoms with E-state index >= 15 is 0 Å². The molecule has 0 spiro atoms. The lowest BCUT2D eigenvalue weighted by molar-refractivity contribution is -0.138. The molecule has 2 N–H and O–H groups in total. The predicted octanol–water partition coefficient (Wildman–Crippen LogP) is 1.82. The Morgan fingerprint density at radius 1 is 1.22 bits per heavy atom. The molecule has 0 aromatic rings. The van der Waals surface area contributed by atoms with Crippen molar-refractivity contribution in [1.82, 2.24) is 10.2 Å². The van der Waals surface area contributed by atoms with Crippen molar-refractivity contribution in [1.29, 1.82) is 0 Å². The Morgan fingerprint density at radius 3 is 2.61 bits per heavy atom. The Bertz CT molecular complexity index is 330. The summed E-state index contributed by atoms with van der Waals surface area (Å²) in [6.45, 7) is 2.27. The molecule has 1 saturated heterocycles. The molecule has 1 saturated carbocycles. The number of carbonyl (C=O) groups excluding carboxylic acids is 1. The van der Waals surface area contributed by atoms with E-state index in [9.17, 15) is 9.59 Å². The van der Waals surface area contributed by atoms with Gasteiger partial charge in [0.15, 0.2) is 0 Å². The maximum atomic E-state index is 12.1. The molecule has 2 amide bonds. The van der Waals surface area contributed by atoms with Gasteiger partial charge in [0.05, 0.1) is 0 Å². The number of urea groups is 1. The third-order valence-corrected chi connectivity index (χ3v) is 4.21. The number of fused-ring (bicyclic) bond motifs is 1. The van der Waals surface area contributed by atoms with E-state index in [0.717, 1.165) is 19.4 Å². The van der Waals surface area contributed by atoms with Crippen LogP contribution in [0, 0.1) is 5.92 Å². The number of carboxylic acids is 1. The van der Waals surface area contributed by atoms with Crippen LogP contribution in [0.5, 0.6) is 0 Å². The molecule has 3 atom stereocenters. The van der Waals surface area contributed by atoms with E-state index in [1.165, 1.54) is 32.6 Å². The quantitative estimate of drug-likeness (QED) is 0.789. The van der Waals surface area contributed by atoms with Crippen molar-refractivity contribution < 1.29 is 14.7 Å². The number of rotatable bonds is 2. The molecule has 5 heteroatoms. The number of nitrogens with one attached hydrogen (secondary N) is 1. The van der Waals surface area contributed by atoms with E-state index in [2.05, 4.69) is 5.32 Å². The maximum Gasteiger partial charge on any atom is 0.325 e. The number of piperidine rings is 1. The van der Waals surface area contributed by atoms with E-state index in [1.807, 2.05) is 4.90 Å². The average Bonchev–Trinajstić information content (AvgIpc) is 2.37.